The van der Waals surface area contributed by atoms with E-state index in [0.717, 1.165) is 18.6 Å². The lowest BCUT2D eigenvalue weighted by Gasteiger charge is -2.17. The number of alkyl halides is 2. The minimum Gasteiger partial charge on any atom is -0.395 e. The first-order valence-corrected chi connectivity index (χ1v) is 7.78. The van der Waals surface area contributed by atoms with Crippen molar-refractivity contribution >= 4 is 11.7 Å². The molecule has 0 unspecified atom stereocenters. The summed E-state index contributed by atoms with van der Waals surface area (Å²) in [7, 11) is 1.57. The molecule has 4 rings (SSSR count). The quantitative estimate of drug-likeness (QED) is 0.912. The molecule has 25 heavy (non-hydrogen) atoms. The SMILES string of the molecule is CN(Cc1cc(C2CC2)on1)C(=O)Nc1cccc2c1OC(F)(F)O2. The number of hydrogen-bond acceptors (Lipinski definition) is 5. The van der Waals surface area contributed by atoms with Crippen LogP contribution in [0.25, 0.3) is 0 Å². The van der Waals surface area contributed by atoms with Crippen LogP contribution in [-0.2, 0) is 6.54 Å². The van der Waals surface area contributed by atoms with Crippen molar-refractivity contribution in [2.24, 2.45) is 0 Å². The molecule has 0 spiro atoms. The number of nitrogens with one attached hydrogen (secondary N) is 1. The van der Waals surface area contributed by atoms with Crippen molar-refractivity contribution in [1.29, 1.82) is 0 Å². The van der Waals surface area contributed by atoms with E-state index in [-0.39, 0.29) is 23.7 Å². The van der Waals surface area contributed by atoms with Gasteiger partial charge in [-0.05, 0) is 25.0 Å². The predicted octanol–water partition coefficient (Wildman–Crippen LogP) is 3.54. The van der Waals surface area contributed by atoms with Crippen LogP contribution < -0.4 is 14.8 Å². The topological polar surface area (TPSA) is 76.8 Å². The maximum atomic E-state index is 13.2. The molecule has 1 aromatic heterocycles. The molecule has 0 radical (unpaired) electrons. The first-order chi connectivity index (χ1) is 11.9. The normalized spacial score (nSPS) is 17.4. The maximum Gasteiger partial charge on any atom is 0.586 e. The van der Waals surface area contributed by atoms with Gasteiger partial charge in [-0.25, -0.2) is 4.79 Å². The molecule has 2 heterocycles. The third kappa shape index (κ3) is 3.21. The van der Waals surface area contributed by atoms with Crippen molar-refractivity contribution in [2.75, 3.05) is 12.4 Å². The zero-order chi connectivity index (χ0) is 17.6. The standard InChI is InChI=1S/C16H15F2N3O4/c1-21(8-10-7-13(25-20-10)9-5-6-9)15(22)19-11-3-2-4-12-14(11)24-16(17,18)23-12/h2-4,7,9H,5-6,8H2,1H3,(H,19,22). The van der Waals surface area contributed by atoms with Crippen molar-refractivity contribution in [1.82, 2.24) is 10.1 Å². The highest BCUT2D eigenvalue weighted by Gasteiger charge is 2.44. The number of nitrogens with zero attached hydrogens (tertiary/aromatic N) is 2. The van der Waals surface area contributed by atoms with Crippen LogP contribution in [0.5, 0.6) is 11.5 Å². The van der Waals surface area contributed by atoms with Crippen LogP contribution in [0.15, 0.2) is 28.8 Å². The largest absolute Gasteiger partial charge is 0.586 e. The number of benzene rings is 1. The van der Waals surface area contributed by atoms with Gasteiger partial charge in [-0.3, -0.25) is 0 Å². The molecule has 0 bridgehead atoms. The highest BCUT2D eigenvalue weighted by atomic mass is 19.3. The Labute approximate surface area is 141 Å². The van der Waals surface area contributed by atoms with Gasteiger partial charge in [-0.2, -0.15) is 0 Å². The number of anilines is 1. The molecule has 2 aliphatic rings. The summed E-state index contributed by atoms with van der Waals surface area (Å²) in [6.07, 6.45) is -1.55. The van der Waals surface area contributed by atoms with Crippen molar-refractivity contribution in [3.05, 3.63) is 35.7 Å². The van der Waals surface area contributed by atoms with Gasteiger partial charge in [0.05, 0.1) is 12.2 Å². The van der Waals surface area contributed by atoms with Gasteiger partial charge >= 0.3 is 12.3 Å². The molecule has 1 N–H and O–H groups in total. The summed E-state index contributed by atoms with van der Waals surface area (Å²) in [5, 5.41) is 6.48. The smallest absolute Gasteiger partial charge is 0.395 e. The number of carbonyl (C=O) groups excluding carboxylic acids is 1. The maximum absolute atomic E-state index is 13.2. The molecule has 1 fully saturated rings. The lowest BCUT2D eigenvalue weighted by atomic mass is 10.2. The molecule has 7 nitrogen and oxygen atoms in total. The molecular weight excluding hydrogens is 336 g/mol. The Bertz CT molecular complexity index is 819. The number of aromatic nitrogens is 1. The fourth-order valence-electron chi connectivity index (χ4n) is 2.56. The fraction of sp³-hybridized carbons (Fsp3) is 0.375. The summed E-state index contributed by atoms with van der Waals surface area (Å²) in [6, 6.07) is 5.61. The van der Waals surface area contributed by atoms with Crippen LogP contribution in [0, 0.1) is 0 Å². The van der Waals surface area contributed by atoms with E-state index in [0.29, 0.717) is 11.6 Å². The Morgan fingerprint density at radius 2 is 2.20 bits per heavy atom. The van der Waals surface area contributed by atoms with Crippen LogP contribution in [0.1, 0.15) is 30.2 Å². The molecular formula is C16H15F2N3O4. The Morgan fingerprint density at radius 1 is 1.40 bits per heavy atom. The zero-order valence-electron chi connectivity index (χ0n) is 13.3. The van der Waals surface area contributed by atoms with E-state index in [1.54, 1.807) is 7.05 Å². The molecule has 2 aromatic rings. The van der Waals surface area contributed by atoms with Gasteiger partial charge in [-0.1, -0.05) is 11.2 Å². The highest BCUT2D eigenvalue weighted by molar-refractivity contribution is 5.91. The number of urea groups is 1. The lowest BCUT2D eigenvalue weighted by molar-refractivity contribution is -0.286. The third-order valence-electron chi connectivity index (χ3n) is 3.97. The van der Waals surface area contributed by atoms with Crippen molar-refractivity contribution in [3.8, 4) is 11.5 Å². The van der Waals surface area contributed by atoms with E-state index in [2.05, 4.69) is 19.9 Å². The molecule has 132 valence electrons. The van der Waals surface area contributed by atoms with E-state index in [9.17, 15) is 13.6 Å². The number of halogens is 2. The van der Waals surface area contributed by atoms with E-state index in [4.69, 9.17) is 4.52 Å². The first kappa shape index (κ1) is 15.7. The Hall–Kier alpha value is -2.84. The van der Waals surface area contributed by atoms with E-state index in [1.807, 2.05) is 6.07 Å². The van der Waals surface area contributed by atoms with Gasteiger partial charge < -0.3 is 24.2 Å². The summed E-state index contributed by atoms with van der Waals surface area (Å²) < 4.78 is 40.4. The van der Waals surface area contributed by atoms with Crippen molar-refractivity contribution < 1.29 is 27.6 Å². The second kappa shape index (κ2) is 5.61. The number of amides is 2. The predicted molar refractivity (Wildman–Crippen MR) is 81.6 cm³/mol. The van der Waals surface area contributed by atoms with Crippen molar-refractivity contribution in [3.63, 3.8) is 0 Å². The van der Waals surface area contributed by atoms with E-state index >= 15 is 0 Å². The van der Waals surface area contributed by atoms with E-state index in [1.165, 1.54) is 23.1 Å². The molecule has 0 atom stereocenters. The average Bonchev–Trinajstić information content (AvgIpc) is 3.20. The lowest BCUT2D eigenvalue weighted by Crippen LogP contribution is -2.31. The molecule has 0 saturated heterocycles. The second-order valence-corrected chi connectivity index (χ2v) is 6.08. The molecule has 2 amide bonds. The summed E-state index contributed by atoms with van der Waals surface area (Å²) >= 11 is 0. The number of ether oxygens (including phenoxy) is 2. The van der Waals surface area contributed by atoms with E-state index < -0.39 is 12.3 Å². The van der Waals surface area contributed by atoms with Gasteiger partial charge in [-0.15, -0.1) is 8.78 Å². The molecule has 1 aromatic carbocycles. The zero-order valence-corrected chi connectivity index (χ0v) is 13.3. The van der Waals surface area contributed by atoms with Gasteiger partial charge in [0.2, 0.25) is 0 Å². The fourth-order valence-corrected chi connectivity index (χ4v) is 2.56. The highest BCUT2D eigenvalue weighted by Crippen LogP contribution is 2.45. The number of carbonyl (C=O) groups is 1. The van der Waals surface area contributed by atoms with Crippen LogP contribution >= 0.6 is 0 Å². The van der Waals surface area contributed by atoms with Crippen LogP contribution in [-0.4, -0.2) is 29.4 Å². The van der Waals surface area contributed by atoms with Crippen LogP contribution in [0.2, 0.25) is 0 Å². The Kier molecular flexibility index (Phi) is 3.52. The Morgan fingerprint density at radius 3 is 2.96 bits per heavy atom. The van der Waals surface area contributed by atoms with Gasteiger partial charge in [0, 0.05) is 19.0 Å². The molecule has 1 aliphatic heterocycles. The summed E-state index contributed by atoms with van der Waals surface area (Å²) in [5.41, 5.74) is 0.731. The second-order valence-electron chi connectivity index (χ2n) is 6.08. The van der Waals surface area contributed by atoms with Gasteiger partial charge in [0.25, 0.3) is 0 Å². The first-order valence-electron chi connectivity index (χ1n) is 7.78. The minimum atomic E-state index is -3.74. The monoisotopic (exact) mass is 351 g/mol. The molecule has 1 aliphatic carbocycles. The van der Waals surface area contributed by atoms with Gasteiger partial charge in [0.1, 0.15) is 11.5 Å². The van der Waals surface area contributed by atoms with Crippen LogP contribution in [0.4, 0.5) is 19.3 Å². The average molecular weight is 351 g/mol. The molecule has 1 saturated carbocycles. The van der Waals surface area contributed by atoms with Crippen molar-refractivity contribution in [2.45, 2.75) is 31.6 Å². The number of fused-ring (bicyclic) bond motifs is 1. The third-order valence-corrected chi connectivity index (χ3v) is 3.97. The number of para-hydroxylation sites is 1. The molecule has 9 heteroatoms. The summed E-state index contributed by atoms with van der Waals surface area (Å²) in [4.78, 5) is 13.7. The Balaban J connectivity index is 1.42. The minimum absolute atomic E-state index is 0.102. The van der Waals surface area contributed by atoms with Gasteiger partial charge in [0.15, 0.2) is 11.5 Å². The van der Waals surface area contributed by atoms with Crippen LogP contribution in [0.3, 0.4) is 0 Å². The summed E-state index contributed by atoms with van der Waals surface area (Å²) in [5.74, 6) is 0.936. The number of hydrogen-bond donors (Lipinski definition) is 1. The summed E-state index contributed by atoms with van der Waals surface area (Å²) in [6.45, 7) is 0.227. The number of rotatable bonds is 4.